The number of aromatic nitrogens is 2. The Morgan fingerprint density at radius 1 is 1.18 bits per heavy atom. The number of fused-ring (bicyclic) bond motifs is 4. The Bertz CT molecular complexity index is 1340. The quantitative estimate of drug-likeness (QED) is 0.579. The summed E-state index contributed by atoms with van der Waals surface area (Å²) < 4.78 is 11.6. The lowest BCUT2D eigenvalue weighted by atomic mass is 9.73. The lowest BCUT2D eigenvalue weighted by Gasteiger charge is -2.32. The lowest BCUT2D eigenvalue weighted by Crippen LogP contribution is -2.38. The molecule has 2 aliphatic rings. The Balaban J connectivity index is 1.42. The van der Waals surface area contributed by atoms with E-state index in [2.05, 4.69) is 16.4 Å². The molecule has 2 N–H and O–H groups in total. The maximum atomic E-state index is 13.1. The first-order chi connectivity index (χ1) is 16.0. The van der Waals surface area contributed by atoms with Gasteiger partial charge in [-0.2, -0.15) is 0 Å². The number of nitrogens with zero attached hydrogens (tertiary/aromatic N) is 1. The molecule has 5 rings (SSSR count). The third kappa shape index (κ3) is 3.64. The van der Waals surface area contributed by atoms with Crippen LogP contribution in [-0.4, -0.2) is 42.3 Å². The summed E-state index contributed by atoms with van der Waals surface area (Å²) in [4.78, 5) is 40.3. The van der Waals surface area contributed by atoms with Crippen molar-refractivity contribution in [1.29, 1.82) is 0 Å². The van der Waals surface area contributed by atoms with Crippen LogP contribution in [0.5, 0.6) is 5.75 Å². The summed E-state index contributed by atoms with van der Waals surface area (Å²) in [5.41, 5.74) is 2.37. The van der Waals surface area contributed by atoms with Crippen LogP contribution in [0.25, 0.3) is 10.9 Å². The van der Waals surface area contributed by atoms with Gasteiger partial charge in [-0.1, -0.05) is 12.1 Å². The number of aromatic amines is 1. The minimum atomic E-state index is -0.520. The predicted octanol–water partition coefficient (Wildman–Crippen LogP) is 2.19. The first-order valence-corrected chi connectivity index (χ1v) is 11.3. The van der Waals surface area contributed by atoms with Gasteiger partial charge in [0, 0.05) is 18.5 Å². The molecule has 0 bridgehead atoms. The third-order valence-electron chi connectivity index (χ3n) is 7.16. The second-order valence-electron chi connectivity index (χ2n) is 8.79. The van der Waals surface area contributed by atoms with Crippen LogP contribution in [0, 0.1) is 5.92 Å². The topological polar surface area (TPSA) is 102 Å². The second-order valence-corrected chi connectivity index (χ2v) is 8.79. The van der Waals surface area contributed by atoms with Crippen molar-refractivity contribution in [3.8, 4) is 5.75 Å². The Kier molecular flexibility index (Phi) is 5.54. The zero-order valence-corrected chi connectivity index (χ0v) is 18.7. The van der Waals surface area contributed by atoms with Gasteiger partial charge in [-0.3, -0.25) is 9.36 Å². The summed E-state index contributed by atoms with van der Waals surface area (Å²) >= 11 is 0. The molecule has 2 heterocycles. The summed E-state index contributed by atoms with van der Waals surface area (Å²) in [6.45, 7) is 1.24. The summed E-state index contributed by atoms with van der Waals surface area (Å²) in [6, 6.07) is 11.0. The van der Waals surface area contributed by atoms with Gasteiger partial charge in [0.15, 0.2) is 0 Å². The van der Waals surface area contributed by atoms with Gasteiger partial charge in [-0.05, 0) is 67.1 Å². The molecule has 8 heteroatoms. The summed E-state index contributed by atoms with van der Waals surface area (Å²) in [6.07, 6.45) is 2.76. The molecular formula is C25H27N3O5. The number of carbonyl (C=O) groups is 1. The number of esters is 1. The molecule has 0 saturated carbocycles. The molecule has 0 spiro atoms. The van der Waals surface area contributed by atoms with E-state index in [9.17, 15) is 14.4 Å². The van der Waals surface area contributed by atoms with Gasteiger partial charge >= 0.3 is 11.7 Å². The number of benzene rings is 2. The number of carbonyl (C=O) groups excluding carboxylic acids is 1. The Morgan fingerprint density at radius 2 is 2.03 bits per heavy atom. The molecule has 1 saturated heterocycles. The molecule has 172 valence electrons. The van der Waals surface area contributed by atoms with Crippen molar-refractivity contribution in [1.82, 2.24) is 14.9 Å². The average Bonchev–Trinajstić information content (AvgIpc) is 3.26. The van der Waals surface area contributed by atoms with Gasteiger partial charge in [0.05, 0.1) is 30.7 Å². The van der Waals surface area contributed by atoms with Crippen molar-refractivity contribution >= 4 is 16.9 Å². The number of rotatable bonds is 5. The number of nitrogens with one attached hydrogen (secondary N) is 2. The number of ether oxygens (including phenoxy) is 2. The van der Waals surface area contributed by atoms with E-state index in [4.69, 9.17) is 9.47 Å². The van der Waals surface area contributed by atoms with E-state index in [1.807, 2.05) is 12.1 Å². The maximum Gasteiger partial charge on any atom is 0.337 e. The number of H-pyrrole nitrogens is 1. The van der Waals surface area contributed by atoms with E-state index in [0.717, 1.165) is 25.1 Å². The molecule has 1 fully saturated rings. The monoisotopic (exact) mass is 449 g/mol. The molecule has 3 atom stereocenters. The zero-order chi connectivity index (χ0) is 23.1. The van der Waals surface area contributed by atoms with E-state index in [-0.39, 0.29) is 17.2 Å². The molecule has 0 radical (unpaired) electrons. The second kappa shape index (κ2) is 8.51. The maximum absolute atomic E-state index is 13.1. The summed E-state index contributed by atoms with van der Waals surface area (Å²) in [5.74, 6) is 1.29. The minimum absolute atomic E-state index is 0.171. The van der Waals surface area contributed by atoms with Crippen LogP contribution in [0.4, 0.5) is 0 Å². The van der Waals surface area contributed by atoms with E-state index in [1.54, 1.807) is 13.2 Å². The van der Waals surface area contributed by atoms with E-state index in [0.29, 0.717) is 35.7 Å². The molecular weight excluding hydrogens is 422 g/mol. The lowest BCUT2D eigenvalue weighted by molar-refractivity contribution is 0.0601. The van der Waals surface area contributed by atoms with Crippen LogP contribution in [0.2, 0.25) is 0 Å². The average molecular weight is 450 g/mol. The van der Waals surface area contributed by atoms with Crippen molar-refractivity contribution in [2.45, 2.75) is 37.8 Å². The SMILES string of the molecule is COC(=O)c1ccc2c(=O)n(CCC3NCC4CCc5c(OC)cccc5C43)c(=O)[nH]c2c1. The van der Waals surface area contributed by atoms with Crippen molar-refractivity contribution < 1.29 is 14.3 Å². The Labute approximate surface area is 190 Å². The fraction of sp³-hybridized carbons (Fsp3) is 0.400. The Morgan fingerprint density at radius 3 is 2.82 bits per heavy atom. The minimum Gasteiger partial charge on any atom is -0.496 e. The van der Waals surface area contributed by atoms with E-state index >= 15 is 0 Å². The van der Waals surface area contributed by atoms with Gasteiger partial charge in [-0.15, -0.1) is 0 Å². The number of hydrogen-bond acceptors (Lipinski definition) is 6. The van der Waals surface area contributed by atoms with Gasteiger partial charge < -0.3 is 19.8 Å². The largest absolute Gasteiger partial charge is 0.496 e. The molecule has 1 aliphatic carbocycles. The van der Waals surface area contributed by atoms with Crippen molar-refractivity contribution in [2.24, 2.45) is 5.92 Å². The number of hydrogen-bond donors (Lipinski definition) is 2. The normalized spacial score (nSPS) is 21.5. The van der Waals surface area contributed by atoms with Gasteiger partial charge in [-0.25, -0.2) is 9.59 Å². The van der Waals surface area contributed by atoms with Crippen LogP contribution in [0.1, 0.15) is 40.2 Å². The standard InChI is InChI=1S/C25H27N3O5/c1-32-21-5-3-4-17-16(21)8-7-15-13-26-19(22(15)17)10-11-28-23(29)18-9-6-14(24(30)33-2)12-20(18)27-25(28)31/h3-6,9,12,15,19,22,26H,7-8,10-11,13H2,1-2H3,(H,27,31). The molecule has 33 heavy (non-hydrogen) atoms. The first kappa shape index (κ1) is 21.5. The van der Waals surface area contributed by atoms with Crippen LogP contribution in [0.3, 0.4) is 0 Å². The fourth-order valence-electron chi connectivity index (χ4n) is 5.57. The zero-order valence-electron chi connectivity index (χ0n) is 18.7. The highest BCUT2D eigenvalue weighted by Crippen LogP contribution is 2.45. The predicted molar refractivity (Wildman–Crippen MR) is 124 cm³/mol. The van der Waals surface area contributed by atoms with Crippen LogP contribution >= 0.6 is 0 Å². The molecule has 1 aliphatic heterocycles. The first-order valence-electron chi connectivity index (χ1n) is 11.3. The fourth-order valence-corrected chi connectivity index (χ4v) is 5.57. The van der Waals surface area contributed by atoms with Gasteiger partial charge in [0.1, 0.15) is 5.75 Å². The number of methoxy groups -OCH3 is 2. The highest BCUT2D eigenvalue weighted by atomic mass is 16.5. The Hall–Kier alpha value is -3.39. The highest BCUT2D eigenvalue weighted by Gasteiger charge is 2.40. The van der Waals surface area contributed by atoms with Gasteiger partial charge in [0.2, 0.25) is 0 Å². The molecule has 3 unspecified atom stereocenters. The van der Waals surface area contributed by atoms with Crippen molar-refractivity contribution in [3.05, 3.63) is 73.9 Å². The molecule has 8 nitrogen and oxygen atoms in total. The van der Waals surface area contributed by atoms with Crippen molar-refractivity contribution in [3.63, 3.8) is 0 Å². The third-order valence-corrected chi connectivity index (χ3v) is 7.16. The van der Waals surface area contributed by atoms with E-state index < -0.39 is 11.7 Å². The molecule has 0 amide bonds. The molecule has 2 aromatic carbocycles. The van der Waals surface area contributed by atoms with E-state index in [1.165, 1.54) is 34.9 Å². The van der Waals surface area contributed by atoms with Crippen molar-refractivity contribution in [2.75, 3.05) is 20.8 Å². The molecule has 1 aromatic heterocycles. The smallest absolute Gasteiger partial charge is 0.337 e. The van der Waals surface area contributed by atoms with Crippen LogP contribution in [0.15, 0.2) is 46.0 Å². The molecule has 3 aromatic rings. The highest BCUT2D eigenvalue weighted by molar-refractivity contribution is 5.93. The summed E-state index contributed by atoms with van der Waals surface area (Å²) in [7, 11) is 2.99. The summed E-state index contributed by atoms with van der Waals surface area (Å²) in [5, 5.41) is 4.00. The van der Waals surface area contributed by atoms with Gasteiger partial charge in [0.25, 0.3) is 5.56 Å². The van der Waals surface area contributed by atoms with Crippen LogP contribution in [-0.2, 0) is 17.7 Å². The van der Waals surface area contributed by atoms with Crippen LogP contribution < -0.4 is 21.3 Å².